The van der Waals surface area contributed by atoms with Crippen LogP contribution in [0.1, 0.15) is 26.2 Å². The minimum atomic E-state index is 0.132. The molecule has 0 bridgehead atoms. The van der Waals surface area contributed by atoms with E-state index in [0.717, 1.165) is 41.5 Å². The number of hydrogen-bond acceptors (Lipinski definition) is 5. The molecule has 3 nitrogen and oxygen atoms in total. The van der Waals surface area contributed by atoms with Crippen LogP contribution in [-0.4, -0.2) is 35.6 Å². The average molecular weight is 325 g/mol. The summed E-state index contributed by atoms with van der Waals surface area (Å²) < 4.78 is 11.7. The second kappa shape index (κ2) is 6.71. The molecule has 21 heavy (non-hydrogen) atoms. The maximum atomic E-state index is 6.14. The zero-order valence-electron chi connectivity index (χ0n) is 12.5. The van der Waals surface area contributed by atoms with Crippen LogP contribution in [0.25, 0.3) is 0 Å². The predicted molar refractivity (Wildman–Crippen MR) is 91.5 cm³/mol. The fourth-order valence-electron chi connectivity index (χ4n) is 3.00. The molecule has 0 amide bonds. The summed E-state index contributed by atoms with van der Waals surface area (Å²) in [6.07, 6.45) is 3.45. The number of thioether (sulfide) groups is 2. The lowest BCUT2D eigenvalue weighted by atomic mass is 9.93. The van der Waals surface area contributed by atoms with E-state index >= 15 is 0 Å². The largest absolute Gasteiger partial charge is 0.494 e. The Morgan fingerprint density at radius 3 is 3.19 bits per heavy atom. The minimum absolute atomic E-state index is 0.132. The molecule has 1 spiro atoms. The van der Waals surface area contributed by atoms with Gasteiger partial charge in [0.15, 0.2) is 0 Å². The lowest BCUT2D eigenvalue weighted by Gasteiger charge is -2.37. The molecule has 2 N–H and O–H groups in total. The van der Waals surface area contributed by atoms with E-state index in [1.807, 2.05) is 42.6 Å². The Balaban J connectivity index is 1.69. The predicted octanol–water partition coefficient (Wildman–Crippen LogP) is 3.81. The maximum Gasteiger partial charge on any atom is 0.120 e. The molecule has 2 heterocycles. The molecule has 2 fully saturated rings. The van der Waals surface area contributed by atoms with Crippen molar-refractivity contribution in [3.63, 3.8) is 0 Å². The van der Waals surface area contributed by atoms with Gasteiger partial charge in [0, 0.05) is 28.2 Å². The van der Waals surface area contributed by atoms with Gasteiger partial charge in [-0.05, 0) is 50.1 Å². The van der Waals surface area contributed by atoms with Crippen LogP contribution >= 0.6 is 23.5 Å². The molecule has 0 aromatic heterocycles. The molecule has 5 heteroatoms. The van der Waals surface area contributed by atoms with Crippen LogP contribution in [-0.2, 0) is 4.74 Å². The van der Waals surface area contributed by atoms with Crippen LogP contribution in [0.15, 0.2) is 23.1 Å². The molecule has 1 aromatic carbocycles. The third kappa shape index (κ3) is 3.63. The lowest BCUT2D eigenvalue weighted by molar-refractivity contribution is -0.0562. The maximum absolute atomic E-state index is 6.14. The first-order chi connectivity index (χ1) is 10.2. The van der Waals surface area contributed by atoms with Crippen molar-refractivity contribution in [3.05, 3.63) is 18.2 Å². The van der Waals surface area contributed by atoms with E-state index < -0.39 is 0 Å². The molecule has 2 aliphatic rings. The summed E-state index contributed by atoms with van der Waals surface area (Å²) in [5.74, 6) is 3.30. The first-order valence-corrected chi connectivity index (χ1v) is 9.65. The zero-order valence-corrected chi connectivity index (χ0v) is 14.1. The molecular formula is C16H23NO2S2. The Bertz CT molecular complexity index is 489. The Kier molecular flexibility index (Phi) is 4.92. The average Bonchev–Trinajstić information content (AvgIpc) is 2.91. The Hall–Kier alpha value is -0.520. The molecule has 2 aliphatic heterocycles. The molecule has 0 aliphatic carbocycles. The van der Waals surface area contributed by atoms with Crippen LogP contribution in [0, 0.1) is 0 Å². The fraction of sp³-hybridized carbons (Fsp3) is 0.625. The fourth-order valence-corrected chi connectivity index (χ4v) is 5.73. The Morgan fingerprint density at radius 2 is 2.43 bits per heavy atom. The van der Waals surface area contributed by atoms with Gasteiger partial charge < -0.3 is 15.2 Å². The molecule has 0 radical (unpaired) electrons. The van der Waals surface area contributed by atoms with Gasteiger partial charge in [0.1, 0.15) is 5.75 Å². The van der Waals surface area contributed by atoms with Gasteiger partial charge in [-0.25, -0.2) is 0 Å². The van der Waals surface area contributed by atoms with E-state index in [2.05, 4.69) is 6.07 Å². The smallest absolute Gasteiger partial charge is 0.120 e. The highest BCUT2D eigenvalue weighted by molar-refractivity contribution is 8.00. The highest BCUT2D eigenvalue weighted by Gasteiger charge is 2.40. The first kappa shape index (κ1) is 15.4. The molecule has 116 valence electrons. The van der Waals surface area contributed by atoms with Crippen molar-refractivity contribution in [2.75, 3.05) is 30.5 Å². The summed E-state index contributed by atoms with van der Waals surface area (Å²) in [5, 5.41) is 0.594. The Labute approximate surface area is 135 Å². The molecule has 2 atom stereocenters. The van der Waals surface area contributed by atoms with Crippen molar-refractivity contribution < 1.29 is 9.47 Å². The second-order valence-electron chi connectivity index (χ2n) is 5.70. The van der Waals surface area contributed by atoms with Crippen molar-refractivity contribution in [1.29, 1.82) is 0 Å². The number of rotatable bonds is 4. The number of nitrogens with two attached hydrogens (primary N) is 1. The van der Waals surface area contributed by atoms with E-state index in [0.29, 0.717) is 11.9 Å². The molecule has 3 rings (SSSR count). The molecule has 0 saturated carbocycles. The number of benzene rings is 1. The molecular weight excluding hydrogens is 302 g/mol. The summed E-state index contributed by atoms with van der Waals surface area (Å²) in [6.45, 7) is 3.57. The minimum Gasteiger partial charge on any atom is -0.494 e. The highest BCUT2D eigenvalue weighted by Crippen LogP contribution is 2.44. The summed E-state index contributed by atoms with van der Waals surface area (Å²) in [7, 11) is 0. The topological polar surface area (TPSA) is 44.5 Å². The molecule has 2 unspecified atom stereocenters. The van der Waals surface area contributed by atoms with Crippen molar-refractivity contribution in [2.24, 2.45) is 0 Å². The van der Waals surface area contributed by atoms with Crippen molar-refractivity contribution in [1.82, 2.24) is 0 Å². The summed E-state index contributed by atoms with van der Waals surface area (Å²) in [5.41, 5.74) is 7.12. The van der Waals surface area contributed by atoms with Gasteiger partial charge in [-0.3, -0.25) is 0 Å². The first-order valence-electron chi connectivity index (χ1n) is 7.61. The van der Waals surface area contributed by atoms with Crippen molar-refractivity contribution in [3.8, 4) is 5.75 Å². The number of hydrogen-bond donors (Lipinski definition) is 1. The van der Waals surface area contributed by atoms with Crippen molar-refractivity contribution in [2.45, 2.75) is 41.9 Å². The number of nitrogen functional groups attached to an aromatic ring is 1. The molecule has 1 aromatic rings. The van der Waals surface area contributed by atoms with E-state index in [9.17, 15) is 0 Å². The van der Waals surface area contributed by atoms with Crippen LogP contribution < -0.4 is 10.5 Å². The SMILES string of the molecule is CCOc1ccc(N)c(SC2CCOC3(CCSC3)C2)c1. The second-order valence-corrected chi connectivity index (χ2v) is 8.15. The summed E-state index contributed by atoms with van der Waals surface area (Å²) >= 11 is 3.92. The van der Waals surface area contributed by atoms with E-state index in [1.54, 1.807) is 0 Å². The van der Waals surface area contributed by atoms with Crippen LogP contribution in [0.3, 0.4) is 0 Å². The van der Waals surface area contributed by atoms with Gasteiger partial charge in [0.2, 0.25) is 0 Å². The van der Waals surface area contributed by atoms with E-state index in [-0.39, 0.29) is 5.60 Å². The van der Waals surface area contributed by atoms with E-state index in [1.165, 1.54) is 12.2 Å². The highest BCUT2D eigenvalue weighted by atomic mass is 32.2. The summed E-state index contributed by atoms with van der Waals surface area (Å²) in [4.78, 5) is 1.15. The van der Waals surface area contributed by atoms with E-state index in [4.69, 9.17) is 15.2 Å². The number of ether oxygens (including phenoxy) is 2. The normalized spacial score (nSPS) is 28.9. The standard InChI is InChI=1S/C16H23NO2S2/c1-2-18-12-3-4-14(17)15(9-12)21-13-5-7-19-16(10-13)6-8-20-11-16/h3-4,9,13H,2,5-8,10-11,17H2,1H3. The van der Waals surface area contributed by atoms with Gasteiger partial charge in [-0.15, -0.1) is 11.8 Å². The van der Waals surface area contributed by atoms with Gasteiger partial charge in [0.25, 0.3) is 0 Å². The third-order valence-electron chi connectivity index (χ3n) is 4.10. The Morgan fingerprint density at radius 1 is 1.52 bits per heavy atom. The van der Waals surface area contributed by atoms with Gasteiger partial charge in [-0.1, -0.05) is 0 Å². The summed E-state index contributed by atoms with van der Waals surface area (Å²) in [6, 6.07) is 5.98. The zero-order chi connectivity index (χ0) is 14.7. The third-order valence-corrected chi connectivity index (χ3v) is 6.67. The van der Waals surface area contributed by atoms with Crippen LogP contribution in [0.5, 0.6) is 5.75 Å². The van der Waals surface area contributed by atoms with Crippen LogP contribution in [0.4, 0.5) is 5.69 Å². The molecule has 2 saturated heterocycles. The van der Waals surface area contributed by atoms with Crippen molar-refractivity contribution >= 4 is 29.2 Å². The van der Waals surface area contributed by atoms with Crippen LogP contribution in [0.2, 0.25) is 0 Å². The lowest BCUT2D eigenvalue weighted by Crippen LogP contribution is -2.40. The van der Waals surface area contributed by atoms with Gasteiger partial charge in [0.05, 0.1) is 12.2 Å². The van der Waals surface area contributed by atoms with Gasteiger partial charge >= 0.3 is 0 Å². The quantitative estimate of drug-likeness (QED) is 0.853. The van der Waals surface area contributed by atoms with Gasteiger partial charge in [-0.2, -0.15) is 11.8 Å². The number of anilines is 1. The monoisotopic (exact) mass is 325 g/mol.